The lowest BCUT2D eigenvalue weighted by Gasteiger charge is -2.24. The van der Waals surface area contributed by atoms with Crippen LogP contribution in [0.3, 0.4) is 0 Å². The van der Waals surface area contributed by atoms with Crippen molar-refractivity contribution in [2.24, 2.45) is 0 Å². The Balaban J connectivity index is 1.77. The van der Waals surface area contributed by atoms with Crippen molar-refractivity contribution in [1.29, 1.82) is 0 Å². The summed E-state index contributed by atoms with van der Waals surface area (Å²) in [6.07, 6.45) is 4.58. The molecule has 0 unspecified atom stereocenters. The van der Waals surface area contributed by atoms with Crippen molar-refractivity contribution in [2.75, 3.05) is 23.3 Å². The Hall–Kier alpha value is -1.75. The van der Waals surface area contributed by atoms with Gasteiger partial charge in [-0.3, -0.25) is 0 Å². The maximum absolute atomic E-state index is 4.87. The van der Waals surface area contributed by atoms with E-state index in [0.29, 0.717) is 0 Å². The van der Waals surface area contributed by atoms with E-state index in [1.807, 2.05) is 0 Å². The van der Waals surface area contributed by atoms with Crippen LogP contribution >= 0.6 is 11.8 Å². The van der Waals surface area contributed by atoms with Gasteiger partial charge in [0.05, 0.1) is 17.1 Å². The van der Waals surface area contributed by atoms with E-state index in [0.717, 1.165) is 54.0 Å². The fraction of sp³-hybridized carbons (Fsp3) is 0.412. The highest BCUT2D eigenvalue weighted by molar-refractivity contribution is 7.99. The van der Waals surface area contributed by atoms with Crippen molar-refractivity contribution in [1.82, 2.24) is 9.97 Å². The third-order valence-corrected chi connectivity index (χ3v) is 5.23. The second kappa shape index (κ2) is 5.80. The van der Waals surface area contributed by atoms with E-state index in [1.54, 1.807) is 11.8 Å². The number of fused-ring (bicyclic) bond motifs is 2. The molecule has 2 aliphatic heterocycles. The number of nitrogens with zero attached hydrogens (tertiary/aromatic N) is 3. The van der Waals surface area contributed by atoms with Gasteiger partial charge in [-0.1, -0.05) is 37.2 Å². The molecule has 0 bridgehead atoms. The van der Waals surface area contributed by atoms with Crippen LogP contribution in [0.25, 0.3) is 0 Å². The quantitative estimate of drug-likeness (QED) is 0.733. The number of aromatic nitrogens is 2. The van der Waals surface area contributed by atoms with Gasteiger partial charge in [0.15, 0.2) is 0 Å². The van der Waals surface area contributed by atoms with Gasteiger partial charge in [0.1, 0.15) is 5.03 Å². The SMILES string of the molecule is CCCc1nc(N2CCCC2)nc2c1Nc1ccccc1S2. The Morgan fingerprint density at radius 1 is 1.18 bits per heavy atom. The van der Waals surface area contributed by atoms with Gasteiger partial charge in [0.2, 0.25) is 5.95 Å². The molecule has 114 valence electrons. The number of para-hydroxylation sites is 1. The number of hydrogen-bond donors (Lipinski definition) is 1. The summed E-state index contributed by atoms with van der Waals surface area (Å²) in [5, 5.41) is 4.62. The minimum Gasteiger partial charge on any atom is -0.351 e. The molecular formula is C17H20N4S. The van der Waals surface area contributed by atoms with Crippen molar-refractivity contribution in [2.45, 2.75) is 42.5 Å². The summed E-state index contributed by atoms with van der Waals surface area (Å²) in [6.45, 7) is 4.37. The fourth-order valence-electron chi connectivity index (χ4n) is 3.05. The standard InChI is InChI=1S/C17H20N4S/c1-2-7-13-15-16(20-17(19-13)21-10-5-6-11-21)22-14-9-4-3-8-12(14)18-15/h3-4,8-9,18H,2,5-7,10-11H2,1H3. The lowest BCUT2D eigenvalue weighted by Crippen LogP contribution is -2.22. The van der Waals surface area contributed by atoms with Crippen LogP contribution in [0.2, 0.25) is 0 Å². The van der Waals surface area contributed by atoms with Crippen molar-refractivity contribution in [3.05, 3.63) is 30.0 Å². The summed E-state index contributed by atoms with van der Waals surface area (Å²) in [7, 11) is 0. The first-order valence-electron chi connectivity index (χ1n) is 8.05. The molecule has 1 saturated heterocycles. The minimum absolute atomic E-state index is 0.911. The Bertz CT molecular complexity index is 695. The highest BCUT2D eigenvalue weighted by Gasteiger charge is 2.24. The minimum atomic E-state index is 0.911. The molecule has 2 aliphatic rings. The van der Waals surface area contributed by atoms with E-state index in [1.165, 1.54) is 17.7 Å². The lowest BCUT2D eigenvalue weighted by atomic mass is 10.2. The summed E-state index contributed by atoms with van der Waals surface area (Å²) < 4.78 is 0. The van der Waals surface area contributed by atoms with Gasteiger partial charge in [-0.2, -0.15) is 0 Å². The van der Waals surface area contributed by atoms with Crippen LogP contribution in [-0.2, 0) is 6.42 Å². The third kappa shape index (κ3) is 2.43. The molecule has 1 aromatic heterocycles. The monoisotopic (exact) mass is 312 g/mol. The highest BCUT2D eigenvalue weighted by atomic mass is 32.2. The molecule has 0 aliphatic carbocycles. The van der Waals surface area contributed by atoms with Gasteiger partial charge in [0, 0.05) is 18.0 Å². The van der Waals surface area contributed by atoms with E-state index >= 15 is 0 Å². The Morgan fingerprint density at radius 2 is 2.00 bits per heavy atom. The van der Waals surface area contributed by atoms with E-state index in [9.17, 15) is 0 Å². The summed E-state index contributed by atoms with van der Waals surface area (Å²) in [4.78, 5) is 13.3. The second-order valence-corrected chi connectivity index (χ2v) is 6.85. The molecular weight excluding hydrogens is 292 g/mol. The molecule has 1 N–H and O–H groups in total. The summed E-state index contributed by atoms with van der Waals surface area (Å²) in [6, 6.07) is 8.41. The Morgan fingerprint density at radius 3 is 2.82 bits per heavy atom. The second-order valence-electron chi connectivity index (χ2n) is 5.82. The van der Waals surface area contributed by atoms with Crippen molar-refractivity contribution >= 4 is 29.1 Å². The van der Waals surface area contributed by atoms with E-state index in [-0.39, 0.29) is 0 Å². The zero-order valence-corrected chi connectivity index (χ0v) is 13.6. The van der Waals surface area contributed by atoms with Crippen molar-refractivity contribution < 1.29 is 0 Å². The predicted molar refractivity (Wildman–Crippen MR) is 91.3 cm³/mol. The third-order valence-electron chi connectivity index (χ3n) is 4.17. The van der Waals surface area contributed by atoms with Crippen LogP contribution < -0.4 is 10.2 Å². The molecule has 2 aromatic rings. The molecule has 22 heavy (non-hydrogen) atoms. The number of anilines is 3. The predicted octanol–water partition coefficient (Wildman–Crippen LogP) is 4.24. The average molecular weight is 312 g/mol. The molecule has 4 nitrogen and oxygen atoms in total. The molecule has 3 heterocycles. The molecule has 0 saturated carbocycles. The molecule has 4 rings (SSSR count). The first-order chi connectivity index (χ1) is 10.8. The van der Waals surface area contributed by atoms with Gasteiger partial charge in [0.25, 0.3) is 0 Å². The van der Waals surface area contributed by atoms with Crippen LogP contribution in [0.5, 0.6) is 0 Å². The van der Waals surface area contributed by atoms with Gasteiger partial charge in [-0.15, -0.1) is 0 Å². The zero-order valence-electron chi connectivity index (χ0n) is 12.8. The van der Waals surface area contributed by atoms with Crippen LogP contribution in [0.1, 0.15) is 31.9 Å². The average Bonchev–Trinajstić information content (AvgIpc) is 3.08. The first-order valence-corrected chi connectivity index (χ1v) is 8.86. The van der Waals surface area contributed by atoms with E-state index in [4.69, 9.17) is 9.97 Å². The molecule has 0 radical (unpaired) electrons. The normalized spacial score (nSPS) is 16.1. The van der Waals surface area contributed by atoms with Crippen molar-refractivity contribution in [3.8, 4) is 0 Å². The number of rotatable bonds is 3. The molecule has 1 fully saturated rings. The highest BCUT2D eigenvalue weighted by Crippen LogP contribution is 2.44. The summed E-state index contributed by atoms with van der Waals surface area (Å²) in [5.41, 5.74) is 3.42. The lowest BCUT2D eigenvalue weighted by molar-refractivity contribution is 0.819. The van der Waals surface area contributed by atoms with Crippen LogP contribution in [0, 0.1) is 0 Å². The smallest absolute Gasteiger partial charge is 0.226 e. The Labute approximate surface area is 135 Å². The van der Waals surface area contributed by atoms with Crippen LogP contribution in [0.4, 0.5) is 17.3 Å². The summed E-state index contributed by atoms with van der Waals surface area (Å²) >= 11 is 1.76. The van der Waals surface area contributed by atoms with Gasteiger partial charge in [-0.05, 0) is 31.4 Å². The topological polar surface area (TPSA) is 41.1 Å². The number of aryl methyl sites for hydroxylation is 1. The fourth-order valence-corrected chi connectivity index (χ4v) is 4.03. The molecule has 0 atom stereocenters. The van der Waals surface area contributed by atoms with E-state index < -0.39 is 0 Å². The number of benzene rings is 1. The number of hydrogen-bond acceptors (Lipinski definition) is 5. The largest absolute Gasteiger partial charge is 0.351 e. The van der Waals surface area contributed by atoms with E-state index in [2.05, 4.69) is 41.4 Å². The van der Waals surface area contributed by atoms with Gasteiger partial charge >= 0.3 is 0 Å². The first kappa shape index (κ1) is 13.9. The summed E-state index contributed by atoms with van der Waals surface area (Å²) in [5.74, 6) is 0.911. The van der Waals surface area contributed by atoms with Crippen molar-refractivity contribution in [3.63, 3.8) is 0 Å². The Kier molecular flexibility index (Phi) is 3.66. The molecule has 0 amide bonds. The zero-order chi connectivity index (χ0) is 14.9. The molecule has 0 spiro atoms. The van der Waals surface area contributed by atoms with Crippen LogP contribution in [-0.4, -0.2) is 23.1 Å². The van der Waals surface area contributed by atoms with Crippen LogP contribution in [0.15, 0.2) is 34.2 Å². The maximum atomic E-state index is 4.87. The molecule has 1 aromatic carbocycles. The number of nitrogens with one attached hydrogen (secondary N) is 1. The van der Waals surface area contributed by atoms with Gasteiger partial charge in [-0.25, -0.2) is 9.97 Å². The molecule has 5 heteroatoms. The van der Waals surface area contributed by atoms with Gasteiger partial charge < -0.3 is 10.2 Å². The maximum Gasteiger partial charge on any atom is 0.226 e.